The zero-order valence-electron chi connectivity index (χ0n) is 8.80. The van der Waals surface area contributed by atoms with E-state index in [2.05, 4.69) is 0 Å². The molecule has 15 heavy (non-hydrogen) atoms. The summed E-state index contributed by atoms with van der Waals surface area (Å²) in [6.07, 6.45) is -3.40. The molecule has 0 spiro atoms. The summed E-state index contributed by atoms with van der Waals surface area (Å²) in [6.45, 7) is 5.14. The van der Waals surface area contributed by atoms with Crippen molar-refractivity contribution in [2.45, 2.75) is 45.0 Å². The molecule has 92 valence electrons. The number of hydrogen-bond donors (Lipinski definition) is 1. The minimum absolute atomic E-state index is 0.0965. The van der Waals surface area contributed by atoms with E-state index in [9.17, 15) is 21.6 Å². The van der Waals surface area contributed by atoms with Crippen LogP contribution >= 0.6 is 0 Å². The molecule has 0 aromatic heterocycles. The fraction of sp³-hybridized carbons (Fsp3) is 1.00. The average molecular weight is 248 g/mol. The number of halogens is 3. The summed E-state index contributed by atoms with van der Waals surface area (Å²) >= 11 is 0. The first kappa shape index (κ1) is 14.7. The Labute approximate surface area is 87.4 Å². The highest BCUT2D eigenvalue weighted by atomic mass is 32.2. The van der Waals surface area contributed by atoms with Crippen molar-refractivity contribution in [3.05, 3.63) is 0 Å². The quantitative estimate of drug-likeness (QED) is 0.778. The van der Waals surface area contributed by atoms with Crippen molar-refractivity contribution >= 4 is 10.1 Å². The van der Waals surface area contributed by atoms with Gasteiger partial charge in [0.05, 0.1) is 0 Å². The van der Waals surface area contributed by atoms with E-state index in [0.29, 0.717) is 0 Å². The van der Waals surface area contributed by atoms with E-state index < -0.39 is 28.0 Å². The van der Waals surface area contributed by atoms with E-state index in [1.54, 1.807) is 20.8 Å². The Morgan fingerprint density at radius 2 is 1.67 bits per heavy atom. The van der Waals surface area contributed by atoms with Crippen molar-refractivity contribution in [1.29, 1.82) is 0 Å². The summed E-state index contributed by atoms with van der Waals surface area (Å²) in [5.41, 5.74) is -0.375. The predicted octanol–water partition coefficient (Wildman–Crippen LogP) is 2.63. The third-order valence-corrected chi connectivity index (χ3v) is 2.80. The lowest BCUT2D eigenvalue weighted by molar-refractivity contribution is -0.0102. The lowest BCUT2D eigenvalue weighted by Crippen LogP contribution is -2.38. The fourth-order valence-electron chi connectivity index (χ4n) is 0.889. The van der Waals surface area contributed by atoms with Gasteiger partial charge in [0.2, 0.25) is 0 Å². The van der Waals surface area contributed by atoms with E-state index >= 15 is 0 Å². The summed E-state index contributed by atoms with van der Waals surface area (Å²) in [5.74, 6) is 0. The van der Waals surface area contributed by atoms with Crippen molar-refractivity contribution in [2.24, 2.45) is 5.41 Å². The first-order chi connectivity index (χ1) is 6.38. The second-order valence-electron chi connectivity index (χ2n) is 4.60. The monoisotopic (exact) mass is 248 g/mol. The van der Waals surface area contributed by atoms with Gasteiger partial charge in [0.25, 0.3) is 0 Å². The molecule has 1 unspecified atom stereocenters. The van der Waals surface area contributed by atoms with Crippen molar-refractivity contribution in [1.82, 2.24) is 0 Å². The van der Waals surface area contributed by atoms with E-state index in [1.807, 2.05) is 0 Å². The van der Waals surface area contributed by atoms with Crippen molar-refractivity contribution < 1.29 is 26.1 Å². The van der Waals surface area contributed by atoms with Crippen LogP contribution in [-0.2, 0) is 10.1 Å². The molecule has 0 heterocycles. The number of hydrogen-bond acceptors (Lipinski definition) is 2. The largest absolute Gasteiger partial charge is 0.400 e. The highest BCUT2D eigenvalue weighted by Gasteiger charge is 2.52. The van der Waals surface area contributed by atoms with Gasteiger partial charge in [-0.2, -0.15) is 17.2 Å². The van der Waals surface area contributed by atoms with Crippen LogP contribution in [0, 0.1) is 5.41 Å². The van der Waals surface area contributed by atoms with Crippen molar-refractivity contribution in [3.63, 3.8) is 0 Å². The average Bonchev–Trinajstić information content (AvgIpc) is 1.96. The van der Waals surface area contributed by atoms with Crippen molar-refractivity contribution in [2.75, 3.05) is 0 Å². The molecule has 0 fully saturated rings. The highest BCUT2D eigenvalue weighted by Crippen LogP contribution is 2.33. The van der Waals surface area contributed by atoms with Crippen LogP contribution in [0.1, 0.15) is 33.6 Å². The molecule has 7 heteroatoms. The lowest BCUT2D eigenvalue weighted by atomic mass is 9.89. The van der Waals surface area contributed by atoms with Crippen LogP contribution in [0.2, 0.25) is 0 Å². The molecule has 1 atom stereocenters. The number of rotatable bonds is 4. The predicted molar refractivity (Wildman–Crippen MR) is 50.1 cm³/mol. The summed E-state index contributed by atoms with van der Waals surface area (Å²) in [7, 11) is -5.68. The maximum Gasteiger partial charge on any atom is 0.400 e. The Kier molecular flexibility index (Phi) is 4.20. The maximum absolute atomic E-state index is 12.9. The molecule has 1 N–H and O–H groups in total. The van der Waals surface area contributed by atoms with Gasteiger partial charge < -0.3 is 0 Å². The molecule has 0 bridgehead atoms. The Bertz CT molecular complexity index is 306. The lowest BCUT2D eigenvalue weighted by Gasteiger charge is -2.22. The second kappa shape index (κ2) is 4.29. The zero-order valence-corrected chi connectivity index (χ0v) is 9.61. The van der Waals surface area contributed by atoms with Crippen molar-refractivity contribution in [3.8, 4) is 0 Å². The number of alkyl halides is 3. The van der Waals surface area contributed by atoms with Gasteiger partial charge in [-0.15, -0.1) is 0 Å². The Balaban J connectivity index is 4.54. The molecule has 0 saturated heterocycles. The Hall–Kier alpha value is -0.300. The van der Waals surface area contributed by atoms with Crippen LogP contribution < -0.4 is 0 Å². The van der Waals surface area contributed by atoms with E-state index in [0.717, 1.165) is 0 Å². The van der Waals surface area contributed by atoms with Crippen LogP contribution in [0.4, 0.5) is 13.2 Å². The summed E-state index contributed by atoms with van der Waals surface area (Å²) in [4.78, 5) is 0. The Morgan fingerprint density at radius 1 is 1.27 bits per heavy atom. The van der Waals surface area contributed by atoms with Crippen LogP contribution in [0.3, 0.4) is 0 Å². The van der Waals surface area contributed by atoms with Crippen LogP contribution in [0.25, 0.3) is 0 Å². The molecular weight excluding hydrogens is 233 g/mol. The molecule has 0 amide bonds. The topological polar surface area (TPSA) is 54.4 Å². The molecule has 0 aliphatic rings. The Morgan fingerprint density at radius 3 is 1.93 bits per heavy atom. The minimum atomic E-state index is -5.68. The molecule has 3 nitrogen and oxygen atoms in total. The van der Waals surface area contributed by atoms with E-state index in [1.165, 1.54) is 0 Å². The molecule has 0 aliphatic heterocycles. The van der Waals surface area contributed by atoms with E-state index in [4.69, 9.17) is 4.55 Å². The van der Waals surface area contributed by atoms with Crippen LogP contribution in [-0.4, -0.2) is 24.4 Å². The van der Waals surface area contributed by atoms with Gasteiger partial charge in [0.1, 0.15) is 0 Å². The molecule has 0 radical (unpaired) electrons. The van der Waals surface area contributed by atoms with Gasteiger partial charge in [-0.3, -0.25) is 4.55 Å². The van der Waals surface area contributed by atoms with Crippen LogP contribution in [0.5, 0.6) is 0 Å². The first-order valence-corrected chi connectivity index (χ1v) is 5.81. The summed E-state index contributed by atoms with van der Waals surface area (Å²) in [6, 6.07) is 0. The molecule has 0 saturated carbocycles. The SMILES string of the molecule is CC(C)(C)CCC(F)C(F)(F)S(=O)(=O)O. The maximum atomic E-state index is 12.9. The van der Waals surface area contributed by atoms with Gasteiger partial charge in [0.15, 0.2) is 6.17 Å². The fourth-order valence-corrected chi connectivity index (χ4v) is 1.33. The normalized spacial score (nSPS) is 16.5. The minimum Gasteiger partial charge on any atom is -0.281 e. The van der Waals surface area contributed by atoms with E-state index in [-0.39, 0.29) is 11.8 Å². The highest BCUT2D eigenvalue weighted by molar-refractivity contribution is 7.86. The van der Waals surface area contributed by atoms with Gasteiger partial charge >= 0.3 is 15.4 Å². The van der Waals surface area contributed by atoms with Gasteiger partial charge in [-0.1, -0.05) is 20.8 Å². The summed E-state index contributed by atoms with van der Waals surface area (Å²) < 4.78 is 66.8. The zero-order chi connectivity index (χ0) is 12.5. The summed E-state index contributed by atoms with van der Waals surface area (Å²) in [5, 5.41) is -4.72. The molecule has 0 aliphatic carbocycles. The second-order valence-corrected chi connectivity index (χ2v) is 6.10. The smallest absolute Gasteiger partial charge is 0.281 e. The van der Waals surface area contributed by atoms with Crippen LogP contribution in [0.15, 0.2) is 0 Å². The van der Waals surface area contributed by atoms with Gasteiger partial charge in [0, 0.05) is 0 Å². The molecule has 0 aromatic rings. The standard InChI is InChI=1S/C8H15F3O3S/c1-7(2,3)5-4-6(9)8(10,11)15(12,13)14/h6H,4-5H2,1-3H3,(H,12,13,14). The molecule has 0 aromatic carbocycles. The van der Waals surface area contributed by atoms with Gasteiger partial charge in [-0.25, -0.2) is 4.39 Å². The first-order valence-electron chi connectivity index (χ1n) is 4.37. The molecule has 0 rings (SSSR count). The third kappa shape index (κ3) is 4.38. The molecular formula is C8H15F3O3S. The third-order valence-electron chi connectivity index (χ3n) is 1.86. The van der Waals surface area contributed by atoms with Gasteiger partial charge in [-0.05, 0) is 18.3 Å².